The Labute approximate surface area is 116 Å². The van der Waals surface area contributed by atoms with Crippen LogP contribution in [0.4, 0.5) is 0 Å². The van der Waals surface area contributed by atoms with Gasteiger partial charge in [0.15, 0.2) is 0 Å². The Morgan fingerprint density at radius 2 is 2.26 bits per heavy atom. The van der Waals surface area contributed by atoms with Crippen molar-refractivity contribution in [2.45, 2.75) is 38.7 Å². The molecule has 0 radical (unpaired) electrons. The summed E-state index contributed by atoms with van der Waals surface area (Å²) in [7, 11) is 1.75. The van der Waals surface area contributed by atoms with Crippen molar-refractivity contribution in [2.24, 2.45) is 0 Å². The molecule has 0 spiro atoms. The summed E-state index contributed by atoms with van der Waals surface area (Å²) in [5.41, 5.74) is 2.61. The lowest BCUT2D eigenvalue weighted by Crippen LogP contribution is -2.38. The summed E-state index contributed by atoms with van der Waals surface area (Å²) in [4.78, 5) is 0. The van der Waals surface area contributed by atoms with E-state index >= 15 is 0 Å². The minimum Gasteiger partial charge on any atom is -0.496 e. The molecule has 3 heteroatoms. The predicted octanol–water partition coefficient (Wildman–Crippen LogP) is 2.74. The number of benzene rings is 1. The fourth-order valence-electron chi connectivity index (χ4n) is 2.45. The maximum atomic E-state index is 5.73. The molecule has 3 nitrogen and oxygen atoms in total. The van der Waals surface area contributed by atoms with Crippen LogP contribution >= 0.6 is 0 Å². The number of nitrogens with one attached hydrogen (secondary N) is 1. The first-order chi connectivity index (χ1) is 9.20. The highest BCUT2D eigenvalue weighted by Crippen LogP contribution is 2.26. The van der Waals surface area contributed by atoms with Gasteiger partial charge in [-0.2, -0.15) is 0 Å². The highest BCUT2D eigenvalue weighted by Gasteiger charge is 2.14. The summed E-state index contributed by atoms with van der Waals surface area (Å²) in [5.74, 6) is 1.55. The van der Waals surface area contributed by atoms with Gasteiger partial charge in [0.25, 0.3) is 0 Å². The predicted molar refractivity (Wildman–Crippen MR) is 78.0 cm³/mol. The number of ether oxygens (including phenoxy) is 2. The maximum absolute atomic E-state index is 5.73. The van der Waals surface area contributed by atoms with Crippen LogP contribution < -0.4 is 10.1 Å². The van der Waals surface area contributed by atoms with Crippen molar-refractivity contribution in [3.05, 3.63) is 29.3 Å². The zero-order valence-corrected chi connectivity index (χ0v) is 12.2. The van der Waals surface area contributed by atoms with Crippen molar-refractivity contribution in [3.63, 3.8) is 0 Å². The van der Waals surface area contributed by atoms with Crippen molar-refractivity contribution in [1.82, 2.24) is 5.32 Å². The fourth-order valence-corrected chi connectivity index (χ4v) is 2.45. The Hall–Kier alpha value is -1.06. The molecule has 2 rings (SSSR count). The molecule has 1 N–H and O–H groups in total. The molecular weight excluding hydrogens is 238 g/mol. The van der Waals surface area contributed by atoms with Crippen LogP contribution in [-0.4, -0.2) is 32.9 Å². The normalized spacial score (nSPS) is 19.7. The second-order valence-corrected chi connectivity index (χ2v) is 5.46. The Kier molecular flexibility index (Phi) is 5.23. The summed E-state index contributed by atoms with van der Waals surface area (Å²) in [6, 6.07) is 6.58. The molecule has 106 valence electrons. The molecule has 1 saturated heterocycles. The SMILES string of the molecule is COc1cc(C(C)C)ccc1CCC1CNCCO1. The topological polar surface area (TPSA) is 30.5 Å². The fraction of sp³-hybridized carbons (Fsp3) is 0.625. The van der Waals surface area contributed by atoms with Crippen LogP contribution in [0.15, 0.2) is 18.2 Å². The Morgan fingerprint density at radius 1 is 1.42 bits per heavy atom. The van der Waals surface area contributed by atoms with E-state index in [1.807, 2.05) is 0 Å². The average Bonchev–Trinajstić information content (AvgIpc) is 2.45. The van der Waals surface area contributed by atoms with E-state index in [1.165, 1.54) is 11.1 Å². The molecule has 1 unspecified atom stereocenters. The van der Waals surface area contributed by atoms with Gasteiger partial charge in [-0.1, -0.05) is 26.0 Å². The lowest BCUT2D eigenvalue weighted by molar-refractivity contribution is 0.0238. The van der Waals surface area contributed by atoms with Crippen molar-refractivity contribution in [2.75, 3.05) is 26.8 Å². The van der Waals surface area contributed by atoms with Crippen LogP contribution in [0.1, 0.15) is 37.3 Å². The molecule has 1 aliphatic rings. The molecular formula is C16H25NO2. The third-order valence-electron chi connectivity index (χ3n) is 3.72. The number of methoxy groups -OCH3 is 1. The van der Waals surface area contributed by atoms with E-state index in [2.05, 4.69) is 37.4 Å². The summed E-state index contributed by atoms with van der Waals surface area (Å²) < 4.78 is 11.3. The molecule has 1 fully saturated rings. The van der Waals surface area contributed by atoms with E-state index in [4.69, 9.17) is 9.47 Å². The maximum Gasteiger partial charge on any atom is 0.122 e. The number of rotatable bonds is 5. The first-order valence-corrected chi connectivity index (χ1v) is 7.20. The largest absolute Gasteiger partial charge is 0.496 e. The van der Waals surface area contributed by atoms with Crippen molar-refractivity contribution < 1.29 is 9.47 Å². The molecule has 1 aliphatic heterocycles. The van der Waals surface area contributed by atoms with Crippen LogP contribution in [0.3, 0.4) is 0 Å². The van der Waals surface area contributed by atoms with E-state index < -0.39 is 0 Å². The molecule has 0 aliphatic carbocycles. The minimum atomic E-state index is 0.336. The zero-order valence-electron chi connectivity index (χ0n) is 12.2. The first kappa shape index (κ1) is 14.4. The summed E-state index contributed by atoms with van der Waals surface area (Å²) in [6.07, 6.45) is 2.39. The molecule has 19 heavy (non-hydrogen) atoms. The zero-order chi connectivity index (χ0) is 13.7. The smallest absolute Gasteiger partial charge is 0.122 e. The molecule has 0 saturated carbocycles. The quantitative estimate of drug-likeness (QED) is 0.886. The van der Waals surface area contributed by atoms with Crippen molar-refractivity contribution in [3.8, 4) is 5.75 Å². The second kappa shape index (κ2) is 6.92. The van der Waals surface area contributed by atoms with E-state index in [0.29, 0.717) is 12.0 Å². The molecule has 1 heterocycles. The van der Waals surface area contributed by atoms with Gasteiger partial charge in [-0.15, -0.1) is 0 Å². The van der Waals surface area contributed by atoms with Gasteiger partial charge in [-0.25, -0.2) is 0 Å². The molecule has 0 aromatic heterocycles. The van der Waals surface area contributed by atoms with Gasteiger partial charge >= 0.3 is 0 Å². The van der Waals surface area contributed by atoms with Crippen LogP contribution in [0.25, 0.3) is 0 Å². The van der Waals surface area contributed by atoms with Crippen molar-refractivity contribution in [1.29, 1.82) is 0 Å². The van der Waals surface area contributed by atoms with E-state index in [0.717, 1.165) is 38.3 Å². The van der Waals surface area contributed by atoms with Gasteiger partial charge in [0, 0.05) is 13.1 Å². The van der Waals surface area contributed by atoms with Gasteiger partial charge in [0.2, 0.25) is 0 Å². The van der Waals surface area contributed by atoms with Crippen molar-refractivity contribution >= 4 is 0 Å². The van der Waals surface area contributed by atoms with E-state index in [1.54, 1.807) is 7.11 Å². The third kappa shape index (κ3) is 3.95. The summed E-state index contributed by atoms with van der Waals surface area (Å²) >= 11 is 0. The van der Waals surface area contributed by atoms with Gasteiger partial charge in [-0.05, 0) is 36.0 Å². The number of hydrogen-bond donors (Lipinski definition) is 1. The Bertz CT molecular complexity index is 398. The van der Waals surface area contributed by atoms with Gasteiger partial charge in [0.05, 0.1) is 19.8 Å². The first-order valence-electron chi connectivity index (χ1n) is 7.20. The van der Waals surface area contributed by atoms with E-state index in [9.17, 15) is 0 Å². The average molecular weight is 263 g/mol. The van der Waals surface area contributed by atoms with E-state index in [-0.39, 0.29) is 0 Å². The van der Waals surface area contributed by atoms with Crippen LogP contribution in [0.2, 0.25) is 0 Å². The van der Waals surface area contributed by atoms with Crippen LogP contribution in [0, 0.1) is 0 Å². The second-order valence-electron chi connectivity index (χ2n) is 5.46. The molecule has 0 bridgehead atoms. The number of hydrogen-bond acceptors (Lipinski definition) is 3. The highest BCUT2D eigenvalue weighted by molar-refractivity contribution is 5.38. The lowest BCUT2D eigenvalue weighted by atomic mass is 9.98. The molecule has 1 atom stereocenters. The van der Waals surface area contributed by atoms with Gasteiger partial charge in [0.1, 0.15) is 5.75 Å². The number of aryl methyl sites for hydroxylation is 1. The van der Waals surface area contributed by atoms with Gasteiger partial charge in [-0.3, -0.25) is 0 Å². The minimum absolute atomic E-state index is 0.336. The Balaban J connectivity index is 1.98. The highest BCUT2D eigenvalue weighted by atomic mass is 16.5. The molecule has 1 aromatic carbocycles. The molecule has 1 aromatic rings. The number of morpholine rings is 1. The van der Waals surface area contributed by atoms with Crippen LogP contribution in [-0.2, 0) is 11.2 Å². The van der Waals surface area contributed by atoms with Gasteiger partial charge < -0.3 is 14.8 Å². The Morgan fingerprint density at radius 3 is 2.89 bits per heavy atom. The third-order valence-corrected chi connectivity index (χ3v) is 3.72. The molecule has 0 amide bonds. The summed E-state index contributed by atoms with van der Waals surface area (Å²) in [5, 5.41) is 3.37. The summed E-state index contributed by atoms with van der Waals surface area (Å²) in [6.45, 7) is 7.18. The van der Waals surface area contributed by atoms with Crippen LogP contribution in [0.5, 0.6) is 5.75 Å². The monoisotopic (exact) mass is 263 g/mol. The lowest BCUT2D eigenvalue weighted by Gasteiger charge is -2.24. The standard InChI is InChI=1S/C16H25NO2/c1-12(2)14-5-4-13(16(10-14)18-3)6-7-15-11-17-8-9-19-15/h4-5,10,12,15,17H,6-9,11H2,1-3H3.